The molecule has 1 aromatic rings. The minimum atomic E-state index is -4.75. The molecule has 1 atom stereocenters. The van der Waals surface area contributed by atoms with Gasteiger partial charge in [0.1, 0.15) is 11.8 Å². The average molecular weight is 353 g/mol. The van der Waals surface area contributed by atoms with Crippen molar-refractivity contribution < 1.29 is 36.2 Å². The van der Waals surface area contributed by atoms with Gasteiger partial charge in [-0.05, 0) is 25.0 Å². The lowest BCUT2D eigenvalue weighted by molar-refractivity contribution is -0.141. The number of benzene rings is 1. The van der Waals surface area contributed by atoms with Crippen molar-refractivity contribution in [2.45, 2.75) is 30.0 Å². The van der Waals surface area contributed by atoms with E-state index in [-0.39, 0.29) is 18.7 Å². The van der Waals surface area contributed by atoms with E-state index >= 15 is 0 Å². The van der Waals surface area contributed by atoms with Crippen LogP contribution in [0.1, 0.15) is 18.4 Å². The van der Waals surface area contributed by atoms with Crippen LogP contribution >= 0.6 is 0 Å². The topological polar surface area (TPSA) is 83.9 Å². The van der Waals surface area contributed by atoms with Crippen LogP contribution in [-0.4, -0.2) is 43.5 Å². The summed E-state index contributed by atoms with van der Waals surface area (Å²) >= 11 is 0. The van der Waals surface area contributed by atoms with Crippen molar-refractivity contribution in [3.63, 3.8) is 0 Å². The van der Waals surface area contributed by atoms with Crippen LogP contribution in [0.3, 0.4) is 0 Å². The average Bonchev–Trinajstić information content (AvgIpc) is 2.96. The molecule has 1 aromatic carbocycles. The summed E-state index contributed by atoms with van der Waals surface area (Å²) in [6, 6.07) is 0.828. The third-order valence-corrected chi connectivity index (χ3v) is 5.42. The second-order valence-corrected chi connectivity index (χ2v) is 6.90. The summed E-state index contributed by atoms with van der Waals surface area (Å²) < 4.78 is 69.2. The van der Waals surface area contributed by atoms with Gasteiger partial charge in [0.2, 0.25) is 10.0 Å². The Hall–Kier alpha value is -1.81. The number of rotatable bonds is 4. The molecular weight excluding hydrogens is 339 g/mol. The van der Waals surface area contributed by atoms with Crippen LogP contribution in [0.25, 0.3) is 0 Å². The van der Waals surface area contributed by atoms with E-state index in [4.69, 9.17) is 9.84 Å². The van der Waals surface area contributed by atoms with E-state index in [9.17, 15) is 26.4 Å². The summed E-state index contributed by atoms with van der Waals surface area (Å²) in [4.78, 5) is 10.5. The molecule has 1 saturated heterocycles. The van der Waals surface area contributed by atoms with Crippen LogP contribution in [0.5, 0.6) is 5.75 Å². The molecule has 1 fully saturated rings. The number of hydrogen-bond acceptors (Lipinski definition) is 4. The minimum absolute atomic E-state index is 0.0577. The van der Waals surface area contributed by atoms with E-state index in [0.29, 0.717) is 22.9 Å². The molecule has 23 heavy (non-hydrogen) atoms. The lowest BCUT2D eigenvalue weighted by atomic mass is 10.2. The highest BCUT2D eigenvalue weighted by molar-refractivity contribution is 7.89. The molecule has 6 nitrogen and oxygen atoms in total. The van der Waals surface area contributed by atoms with Crippen molar-refractivity contribution >= 4 is 16.0 Å². The number of ether oxygens (including phenoxy) is 1. The zero-order chi connectivity index (χ0) is 17.4. The monoisotopic (exact) mass is 353 g/mol. The Bertz CT molecular complexity index is 717. The summed E-state index contributed by atoms with van der Waals surface area (Å²) in [6.45, 7) is -0.0577. The predicted molar refractivity (Wildman–Crippen MR) is 72.5 cm³/mol. The standard InChI is InChI=1S/C13H14F3NO5S/c1-22-9-5-8(13(14,15)16)6-10(7-9)23(20,21)17-4-2-3-11(17)12(18)19/h5-7,11H,2-4H2,1H3,(H,18,19)/t11-/m1/s1. The van der Waals surface area contributed by atoms with E-state index in [0.717, 1.165) is 13.2 Å². The number of carboxylic acids is 1. The fourth-order valence-electron chi connectivity index (χ4n) is 2.41. The molecule has 0 aliphatic carbocycles. The lowest BCUT2D eigenvalue weighted by Gasteiger charge is -2.22. The van der Waals surface area contributed by atoms with Gasteiger partial charge in [-0.3, -0.25) is 4.79 Å². The van der Waals surface area contributed by atoms with Crippen LogP contribution in [0.15, 0.2) is 23.1 Å². The van der Waals surface area contributed by atoms with Crippen molar-refractivity contribution in [3.05, 3.63) is 23.8 Å². The van der Waals surface area contributed by atoms with Gasteiger partial charge < -0.3 is 9.84 Å². The Morgan fingerprint density at radius 1 is 1.35 bits per heavy atom. The van der Waals surface area contributed by atoms with E-state index < -0.39 is 38.7 Å². The summed E-state index contributed by atoms with van der Waals surface area (Å²) in [5.74, 6) is -1.60. The summed E-state index contributed by atoms with van der Waals surface area (Å²) in [7, 11) is -3.26. The summed E-state index contributed by atoms with van der Waals surface area (Å²) in [5, 5.41) is 9.07. The Kier molecular flexibility index (Phi) is 4.58. The summed E-state index contributed by atoms with van der Waals surface area (Å²) in [5.41, 5.74) is -1.18. The van der Waals surface area contributed by atoms with Gasteiger partial charge in [-0.25, -0.2) is 8.42 Å². The Morgan fingerprint density at radius 3 is 2.52 bits per heavy atom. The number of sulfonamides is 1. The van der Waals surface area contributed by atoms with Crippen LogP contribution < -0.4 is 4.74 Å². The number of carboxylic acid groups (broad SMARTS) is 1. The van der Waals surface area contributed by atoms with Crippen LogP contribution in [0.2, 0.25) is 0 Å². The second kappa shape index (κ2) is 6.00. The maximum Gasteiger partial charge on any atom is 0.416 e. The number of hydrogen-bond donors (Lipinski definition) is 1. The molecule has 1 aliphatic heterocycles. The van der Waals surface area contributed by atoms with Gasteiger partial charge in [0.25, 0.3) is 0 Å². The van der Waals surface area contributed by atoms with Crippen molar-refractivity contribution in [1.82, 2.24) is 4.31 Å². The predicted octanol–water partition coefficient (Wildman–Crippen LogP) is 1.95. The maximum absolute atomic E-state index is 12.9. The molecule has 0 amide bonds. The normalized spacial score (nSPS) is 19.7. The molecule has 128 valence electrons. The van der Waals surface area contributed by atoms with Gasteiger partial charge in [0, 0.05) is 12.6 Å². The van der Waals surface area contributed by atoms with Crippen molar-refractivity contribution in [2.24, 2.45) is 0 Å². The molecule has 0 spiro atoms. The number of carbonyl (C=O) groups is 1. The first-order valence-corrected chi connectivity index (χ1v) is 8.02. The summed E-state index contributed by atoms with van der Waals surface area (Å²) in [6.07, 6.45) is -4.31. The Labute approximate surface area is 130 Å². The lowest BCUT2D eigenvalue weighted by Crippen LogP contribution is -2.40. The molecule has 1 aliphatic rings. The van der Waals surface area contributed by atoms with Crippen LogP contribution in [0, 0.1) is 0 Å². The molecule has 2 rings (SSSR count). The second-order valence-electron chi connectivity index (χ2n) is 5.01. The molecule has 0 bridgehead atoms. The quantitative estimate of drug-likeness (QED) is 0.894. The Morgan fingerprint density at radius 2 is 2.00 bits per heavy atom. The molecule has 1 heterocycles. The first kappa shape index (κ1) is 17.5. The first-order chi connectivity index (χ1) is 10.6. The van der Waals surface area contributed by atoms with E-state index in [1.807, 2.05) is 0 Å². The van der Waals surface area contributed by atoms with Crippen molar-refractivity contribution in [1.29, 1.82) is 0 Å². The largest absolute Gasteiger partial charge is 0.497 e. The zero-order valence-electron chi connectivity index (χ0n) is 12.0. The van der Waals surface area contributed by atoms with E-state index in [1.54, 1.807) is 0 Å². The molecular formula is C13H14F3NO5S. The minimum Gasteiger partial charge on any atom is -0.497 e. The number of halogens is 3. The highest BCUT2D eigenvalue weighted by atomic mass is 32.2. The van der Waals surface area contributed by atoms with Gasteiger partial charge in [-0.2, -0.15) is 17.5 Å². The molecule has 0 unspecified atom stereocenters. The number of methoxy groups -OCH3 is 1. The van der Waals surface area contributed by atoms with Gasteiger partial charge in [0.05, 0.1) is 17.6 Å². The molecule has 0 radical (unpaired) electrons. The fourth-order valence-corrected chi connectivity index (χ4v) is 4.12. The third kappa shape index (κ3) is 3.42. The van der Waals surface area contributed by atoms with E-state index in [1.165, 1.54) is 0 Å². The SMILES string of the molecule is COc1cc(C(F)(F)F)cc(S(=O)(=O)N2CCC[C@@H]2C(=O)O)c1. The van der Waals surface area contributed by atoms with Crippen molar-refractivity contribution in [3.8, 4) is 5.75 Å². The van der Waals surface area contributed by atoms with Crippen LogP contribution in [0.4, 0.5) is 13.2 Å². The number of aliphatic carboxylic acids is 1. The van der Waals surface area contributed by atoms with Gasteiger partial charge in [-0.1, -0.05) is 0 Å². The number of nitrogens with zero attached hydrogens (tertiary/aromatic N) is 1. The molecule has 1 N–H and O–H groups in total. The third-order valence-electron chi connectivity index (χ3n) is 3.54. The molecule has 0 saturated carbocycles. The Balaban J connectivity index is 2.53. The molecule has 10 heteroatoms. The van der Waals surface area contributed by atoms with Gasteiger partial charge in [0.15, 0.2) is 0 Å². The van der Waals surface area contributed by atoms with Gasteiger partial charge in [-0.15, -0.1) is 0 Å². The van der Waals surface area contributed by atoms with Crippen molar-refractivity contribution in [2.75, 3.05) is 13.7 Å². The molecule has 0 aromatic heterocycles. The highest BCUT2D eigenvalue weighted by Crippen LogP contribution is 2.35. The van der Waals surface area contributed by atoms with Gasteiger partial charge >= 0.3 is 12.1 Å². The zero-order valence-corrected chi connectivity index (χ0v) is 12.8. The fraction of sp³-hybridized carbons (Fsp3) is 0.462. The highest BCUT2D eigenvalue weighted by Gasteiger charge is 2.41. The maximum atomic E-state index is 12.9. The van der Waals surface area contributed by atoms with Crippen LogP contribution in [-0.2, 0) is 21.0 Å². The first-order valence-electron chi connectivity index (χ1n) is 6.58. The smallest absolute Gasteiger partial charge is 0.416 e. The number of alkyl halides is 3. The van der Waals surface area contributed by atoms with E-state index in [2.05, 4.69) is 0 Å².